The van der Waals surface area contributed by atoms with Crippen molar-refractivity contribution in [2.45, 2.75) is 46.6 Å². The maximum atomic E-state index is 6.43. The van der Waals surface area contributed by atoms with Crippen LogP contribution >= 0.6 is 0 Å². The van der Waals surface area contributed by atoms with Gasteiger partial charge >= 0.3 is 0 Å². The molecular formula is C19H32N2. The van der Waals surface area contributed by atoms with E-state index in [0.29, 0.717) is 5.92 Å². The van der Waals surface area contributed by atoms with Crippen molar-refractivity contribution in [3.63, 3.8) is 0 Å². The minimum atomic E-state index is 0.135. The Kier molecular flexibility index (Phi) is 5.83. The molecule has 2 nitrogen and oxygen atoms in total. The highest BCUT2D eigenvalue weighted by atomic mass is 15.1. The van der Waals surface area contributed by atoms with E-state index < -0.39 is 0 Å². The second-order valence-corrected chi connectivity index (χ2v) is 7.61. The smallest absolute Gasteiger partial charge is 0.0424 e. The number of hydrogen-bond donors (Lipinski definition) is 1. The first kappa shape index (κ1) is 16.5. The molecule has 3 atom stereocenters. The van der Waals surface area contributed by atoms with Crippen LogP contribution in [-0.2, 0) is 6.42 Å². The van der Waals surface area contributed by atoms with Crippen molar-refractivity contribution in [2.75, 3.05) is 19.6 Å². The molecule has 2 heteroatoms. The van der Waals surface area contributed by atoms with Gasteiger partial charge in [-0.2, -0.15) is 0 Å². The summed E-state index contributed by atoms with van der Waals surface area (Å²) < 4.78 is 0. The molecule has 0 bridgehead atoms. The number of likely N-dealkylation sites (tertiary alicyclic amines) is 1. The Balaban J connectivity index is 1.92. The van der Waals surface area contributed by atoms with E-state index in [1.54, 1.807) is 0 Å². The molecule has 1 aliphatic rings. The van der Waals surface area contributed by atoms with Crippen LogP contribution in [0.4, 0.5) is 0 Å². The van der Waals surface area contributed by atoms with Crippen LogP contribution in [0.3, 0.4) is 0 Å². The van der Waals surface area contributed by atoms with Crippen LogP contribution in [0.5, 0.6) is 0 Å². The first-order valence-electron chi connectivity index (χ1n) is 8.50. The highest BCUT2D eigenvalue weighted by Crippen LogP contribution is 2.23. The average molecular weight is 288 g/mol. The minimum absolute atomic E-state index is 0.135. The summed E-state index contributed by atoms with van der Waals surface area (Å²) in [7, 11) is 0. The molecule has 2 N–H and O–H groups in total. The van der Waals surface area contributed by atoms with E-state index in [9.17, 15) is 0 Å². The Labute approximate surface area is 130 Å². The molecule has 1 aromatic rings. The van der Waals surface area contributed by atoms with Gasteiger partial charge in [0.15, 0.2) is 0 Å². The molecule has 1 aliphatic heterocycles. The Morgan fingerprint density at radius 3 is 2.19 bits per heavy atom. The Morgan fingerprint density at radius 1 is 1.10 bits per heavy atom. The van der Waals surface area contributed by atoms with Crippen LogP contribution in [0, 0.1) is 17.8 Å². The molecule has 0 saturated carbocycles. The highest BCUT2D eigenvalue weighted by molar-refractivity contribution is 5.25. The van der Waals surface area contributed by atoms with Gasteiger partial charge in [-0.1, -0.05) is 52.0 Å². The summed E-state index contributed by atoms with van der Waals surface area (Å²) in [5, 5.41) is 0. The summed E-state index contributed by atoms with van der Waals surface area (Å²) in [6.45, 7) is 12.6. The Morgan fingerprint density at radius 2 is 1.67 bits per heavy atom. The van der Waals surface area contributed by atoms with Crippen LogP contribution in [-0.4, -0.2) is 24.5 Å². The van der Waals surface area contributed by atoms with Crippen molar-refractivity contribution in [3.8, 4) is 0 Å². The van der Waals surface area contributed by atoms with Crippen molar-refractivity contribution < 1.29 is 0 Å². The zero-order chi connectivity index (χ0) is 15.4. The molecule has 0 amide bonds. The quantitative estimate of drug-likeness (QED) is 0.891. The monoisotopic (exact) mass is 288 g/mol. The first-order valence-corrected chi connectivity index (χ1v) is 8.50. The van der Waals surface area contributed by atoms with Gasteiger partial charge in [-0.05, 0) is 41.7 Å². The number of hydrogen-bond acceptors (Lipinski definition) is 2. The zero-order valence-corrected chi connectivity index (χ0v) is 14.2. The summed E-state index contributed by atoms with van der Waals surface area (Å²) in [5.41, 5.74) is 9.12. The largest absolute Gasteiger partial charge is 0.323 e. The molecule has 0 radical (unpaired) electrons. The summed E-state index contributed by atoms with van der Waals surface area (Å²) in [6, 6.07) is 9.07. The number of nitrogens with two attached hydrogens (primary N) is 1. The predicted octanol–water partition coefficient (Wildman–Crippen LogP) is 3.86. The fraction of sp³-hybridized carbons (Fsp3) is 0.684. The van der Waals surface area contributed by atoms with Crippen molar-refractivity contribution in [1.29, 1.82) is 0 Å². The minimum Gasteiger partial charge on any atom is -0.323 e. The van der Waals surface area contributed by atoms with E-state index in [1.165, 1.54) is 30.6 Å². The molecule has 118 valence electrons. The molecule has 0 spiro atoms. The van der Waals surface area contributed by atoms with Crippen molar-refractivity contribution >= 4 is 0 Å². The molecule has 0 aliphatic carbocycles. The van der Waals surface area contributed by atoms with Crippen LogP contribution in [0.1, 0.15) is 51.3 Å². The molecule has 1 fully saturated rings. The van der Waals surface area contributed by atoms with E-state index in [-0.39, 0.29) is 6.04 Å². The fourth-order valence-electron chi connectivity index (χ4n) is 3.70. The van der Waals surface area contributed by atoms with Gasteiger partial charge in [0.1, 0.15) is 0 Å². The maximum Gasteiger partial charge on any atom is 0.0424 e. The van der Waals surface area contributed by atoms with E-state index in [1.807, 2.05) is 0 Å². The van der Waals surface area contributed by atoms with E-state index in [0.717, 1.165) is 24.8 Å². The number of piperidine rings is 1. The molecule has 3 unspecified atom stereocenters. The lowest BCUT2D eigenvalue weighted by molar-refractivity contribution is 0.134. The fourth-order valence-corrected chi connectivity index (χ4v) is 3.70. The average Bonchev–Trinajstić information content (AvgIpc) is 2.37. The van der Waals surface area contributed by atoms with Crippen LogP contribution in [0.25, 0.3) is 0 Å². The summed E-state index contributed by atoms with van der Waals surface area (Å²) in [5.74, 6) is 2.31. The van der Waals surface area contributed by atoms with E-state index in [4.69, 9.17) is 5.73 Å². The lowest BCUT2D eigenvalue weighted by atomic mass is 9.91. The third kappa shape index (κ3) is 5.12. The second-order valence-electron chi connectivity index (χ2n) is 7.61. The van der Waals surface area contributed by atoms with Crippen LogP contribution in [0.15, 0.2) is 24.3 Å². The van der Waals surface area contributed by atoms with Crippen LogP contribution in [0.2, 0.25) is 0 Å². The van der Waals surface area contributed by atoms with Gasteiger partial charge in [-0.15, -0.1) is 0 Å². The Hall–Kier alpha value is -0.860. The van der Waals surface area contributed by atoms with Gasteiger partial charge in [-0.25, -0.2) is 0 Å². The number of rotatable bonds is 5. The lowest BCUT2D eigenvalue weighted by Crippen LogP contribution is -2.42. The molecule has 0 aromatic heterocycles. The van der Waals surface area contributed by atoms with Crippen molar-refractivity contribution in [3.05, 3.63) is 35.4 Å². The van der Waals surface area contributed by atoms with Gasteiger partial charge in [0.05, 0.1) is 0 Å². The molecule has 2 rings (SSSR count). The third-order valence-electron chi connectivity index (χ3n) is 4.45. The second kappa shape index (κ2) is 7.42. The van der Waals surface area contributed by atoms with E-state index in [2.05, 4.69) is 56.9 Å². The normalized spacial score (nSPS) is 25.2. The van der Waals surface area contributed by atoms with Gasteiger partial charge in [-0.3, -0.25) is 0 Å². The SMILES string of the molecule is CC(C)Cc1ccc(C(N)CN2CC(C)CC(C)C2)cc1. The van der Waals surface area contributed by atoms with Gasteiger partial charge in [0.25, 0.3) is 0 Å². The summed E-state index contributed by atoms with van der Waals surface area (Å²) in [4.78, 5) is 2.55. The zero-order valence-electron chi connectivity index (χ0n) is 14.2. The summed E-state index contributed by atoms with van der Waals surface area (Å²) >= 11 is 0. The number of nitrogens with zero attached hydrogens (tertiary/aromatic N) is 1. The maximum absolute atomic E-state index is 6.43. The molecule has 1 aromatic carbocycles. The molecule has 1 heterocycles. The van der Waals surface area contributed by atoms with E-state index >= 15 is 0 Å². The standard InChI is InChI=1S/C19H32N2/c1-14(2)9-17-5-7-18(8-6-17)19(20)13-21-11-15(3)10-16(4)12-21/h5-8,14-16,19H,9-13,20H2,1-4H3. The predicted molar refractivity (Wildman–Crippen MR) is 91.3 cm³/mol. The van der Waals surface area contributed by atoms with Crippen molar-refractivity contribution in [2.24, 2.45) is 23.5 Å². The third-order valence-corrected chi connectivity index (χ3v) is 4.45. The molecular weight excluding hydrogens is 256 g/mol. The lowest BCUT2D eigenvalue weighted by Gasteiger charge is -2.36. The molecule has 1 saturated heterocycles. The highest BCUT2D eigenvalue weighted by Gasteiger charge is 2.23. The van der Waals surface area contributed by atoms with Gasteiger partial charge < -0.3 is 10.6 Å². The van der Waals surface area contributed by atoms with Gasteiger partial charge in [0, 0.05) is 25.7 Å². The number of benzene rings is 1. The van der Waals surface area contributed by atoms with Gasteiger partial charge in [0.2, 0.25) is 0 Å². The van der Waals surface area contributed by atoms with Crippen molar-refractivity contribution in [1.82, 2.24) is 4.90 Å². The van der Waals surface area contributed by atoms with Crippen LogP contribution < -0.4 is 5.73 Å². The Bertz CT molecular complexity index is 414. The molecule has 21 heavy (non-hydrogen) atoms. The topological polar surface area (TPSA) is 29.3 Å². The first-order chi connectivity index (χ1) is 9.94. The summed E-state index contributed by atoms with van der Waals surface area (Å²) in [6.07, 6.45) is 2.51.